The van der Waals surface area contributed by atoms with Crippen LogP contribution in [0.15, 0.2) is 36.5 Å². The van der Waals surface area contributed by atoms with Crippen molar-refractivity contribution < 1.29 is 28.2 Å². The Morgan fingerprint density at radius 3 is 2.26 bits per heavy atom. The number of amides is 1. The van der Waals surface area contributed by atoms with E-state index in [0.29, 0.717) is 41.6 Å². The molecule has 1 aromatic carbocycles. The molecular weight excluding hydrogens is 494 g/mol. The number of aliphatic hydroxyl groups is 1. The number of alkyl halides is 2. The summed E-state index contributed by atoms with van der Waals surface area (Å²) in [7, 11) is 1.52. The van der Waals surface area contributed by atoms with Crippen molar-refractivity contribution >= 4 is 22.6 Å². The molecule has 3 aromatic rings. The number of carbonyl (C=O) groups is 2. The van der Waals surface area contributed by atoms with Gasteiger partial charge < -0.3 is 14.7 Å². The third kappa shape index (κ3) is 6.92. The van der Waals surface area contributed by atoms with Crippen LogP contribution in [0.2, 0.25) is 0 Å². The molecule has 8 nitrogen and oxygen atoms in total. The lowest BCUT2D eigenvalue weighted by molar-refractivity contribution is -0.132. The highest BCUT2D eigenvalue weighted by atomic mass is 19.3. The maximum absolute atomic E-state index is 13.7. The normalized spacial score (nSPS) is 11.9. The molecule has 1 amide bonds. The van der Waals surface area contributed by atoms with Crippen LogP contribution < -0.4 is 4.74 Å². The van der Waals surface area contributed by atoms with Crippen LogP contribution in [0.25, 0.3) is 10.9 Å². The minimum atomic E-state index is -3.51. The second-order valence-electron chi connectivity index (χ2n) is 10.3. The molecule has 0 unspecified atom stereocenters. The Bertz CT molecular complexity index is 1240. The smallest absolute Gasteiger partial charge is 0.312 e. The van der Waals surface area contributed by atoms with Gasteiger partial charge in [0.25, 0.3) is 0 Å². The van der Waals surface area contributed by atoms with Gasteiger partial charge in [-0.05, 0) is 48.9 Å². The van der Waals surface area contributed by atoms with Gasteiger partial charge in [-0.3, -0.25) is 19.3 Å². The van der Waals surface area contributed by atoms with E-state index in [1.54, 1.807) is 18.2 Å². The van der Waals surface area contributed by atoms with Gasteiger partial charge in [-0.25, -0.2) is 0 Å². The predicted molar refractivity (Wildman–Crippen MR) is 140 cm³/mol. The molecule has 0 saturated carbocycles. The van der Waals surface area contributed by atoms with Crippen LogP contribution >= 0.6 is 0 Å². The lowest BCUT2D eigenvalue weighted by Crippen LogP contribution is -2.36. The molecule has 0 aliphatic carbocycles. The standard InChI is InChI=1S/C28H36F2N4O4/c1-18(2)10-12-33(13-11-19(3)4)25(36)16-34-23-14-21(38-5)7-8-22(23)26(32-34)27(37)20-6-9-24(31-15-20)28(29,30)17-35/h6-9,14-15,18-19,35H,10-13,16-17H2,1-5H3. The fourth-order valence-corrected chi connectivity index (χ4v) is 3.95. The Morgan fingerprint density at radius 2 is 1.74 bits per heavy atom. The minimum Gasteiger partial charge on any atom is -0.497 e. The summed E-state index contributed by atoms with van der Waals surface area (Å²) in [4.78, 5) is 32.3. The number of aliphatic hydroxyl groups excluding tert-OH is 1. The molecule has 0 aliphatic heterocycles. The lowest BCUT2D eigenvalue weighted by atomic mass is 10.1. The molecule has 0 fully saturated rings. The average molecular weight is 531 g/mol. The number of benzene rings is 1. The molecule has 2 heterocycles. The summed E-state index contributed by atoms with van der Waals surface area (Å²) in [5, 5.41) is 13.9. The number of ketones is 1. The van der Waals surface area contributed by atoms with Crippen molar-refractivity contribution in [3.63, 3.8) is 0 Å². The molecular formula is C28H36F2N4O4. The first-order valence-electron chi connectivity index (χ1n) is 12.8. The molecule has 10 heteroatoms. The SMILES string of the molecule is COc1ccc2c(C(=O)c3ccc(C(F)(F)CO)nc3)nn(CC(=O)N(CCC(C)C)CCC(C)C)c2c1. The molecule has 0 spiro atoms. The number of nitrogens with zero attached hydrogens (tertiary/aromatic N) is 4. The maximum atomic E-state index is 13.7. The van der Waals surface area contributed by atoms with E-state index >= 15 is 0 Å². The van der Waals surface area contributed by atoms with Crippen LogP contribution in [0.5, 0.6) is 5.75 Å². The monoisotopic (exact) mass is 530 g/mol. The Labute approximate surface area is 221 Å². The second kappa shape index (κ2) is 12.4. The topological polar surface area (TPSA) is 97.5 Å². The predicted octanol–water partition coefficient (Wildman–Crippen LogP) is 4.68. The van der Waals surface area contributed by atoms with Crippen LogP contribution in [-0.4, -0.2) is 63.3 Å². The van der Waals surface area contributed by atoms with E-state index in [4.69, 9.17) is 9.84 Å². The molecule has 206 valence electrons. The van der Waals surface area contributed by atoms with E-state index in [0.717, 1.165) is 25.1 Å². The number of aromatic nitrogens is 3. The van der Waals surface area contributed by atoms with Crippen molar-refractivity contribution in [3.05, 3.63) is 53.5 Å². The number of fused-ring (bicyclic) bond motifs is 1. The first-order chi connectivity index (χ1) is 18.0. The van der Waals surface area contributed by atoms with Crippen LogP contribution in [-0.2, 0) is 17.3 Å². The number of rotatable bonds is 13. The van der Waals surface area contributed by atoms with Crippen molar-refractivity contribution in [2.24, 2.45) is 11.8 Å². The zero-order valence-corrected chi connectivity index (χ0v) is 22.6. The number of halogens is 2. The largest absolute Gasteiger partial charge is 0.497 e. The van der Waals surface area contributed by atoms with E-state index in [1.165, 1.54) is 17.9 Å². The molecule has 3 rings (SSSR count). The number of pyridine rings is 1. The van der Waals surface area contributed by atoms with Gasteiger partial charge in [-0.15, -0.1) is 0 Å². The summed E-state index contributed by atoms with van der Waals surface area (Å²) in [5.41, 5.74) is 0.0526. The second-order valence-corrected chi connectivity index (χ2v) is 10.3. The highest BCUT2D eigenvalue weighted by Crippen LogP contribution is 2.28. The summed E-state index contributed by atoms with van der Waals surface area (Å²) in [6.45, 7) is 8.27. The van der Waals surface area contributed by atoms with Gasteiger partial charge in [0.2, 0.25) is 11.7 Å². The Morgan fingerprint density at radius 1 is 1.08 bits per heavy atom. The molecule has 0 saturated heterocycles. The molecule has 38 heavy (non-hydrogen) atoms. The van der Waals surface area contributed by atoms with Crippen molar-refractivity contribution in [3.8, 4) is 5.75 Å². The number of carbonyl (C=O) groups excluding carboxylic acids is 2. The number of hydrogen-bond donors (Lipinski definition) is 1. The Hall–Kier alpha value is -3.40. The summed E-state index contributed by atoms with van der Waals surface area (Å²) in [6, 6.07) is 7.33. The summed E-state index contributed by atoms with van der Waals surface area (Å²) in [6.07, 6.45) is 2.79. The molecule has 0 bridgehead atoms. The Balaban J connectivity index is 1.96. The summed E-state index contributed by atoms with van der Waals surface area (Å²) >= 11 is 0. The Kier molecular flexibility index (Phi) is 9.54. The van der Waals surface area contributed by atoms with Crippen LogP contribution in [0.1, 0.15) is 62.3 Å². The van der Waals surface area contributed by atoms with Crippen molar-refractivity contribution in [1.29, 1.82) is 0 Å². The summed E-state index contributed by atoms with van der Waals surface area (Å²) < 4.78 is 34.3. The number of methoxy groups -OCH3 is 1. The van der Waals surface area contributed by atoms with E-state index in [9.17, 15) is 18.4 Å². The first-order valence-corrected chi connectivity index (χ1v) is 12.8. The maximum Gasteiger partial charge on any atom is 0.312 e. The fourth-order valence-electron chi connectivity index (χ4n) is 3.95. The zero-order chi connectivity index (χ0) is 28.0. The van der Waals surface area contributed by atoms with Gasteiger partial charge in [0.1, 0.15) is 30.3 Å². The minimum absolute atomic E-state index is 0.0617. The number of hydrogen-bond acceptors (Lipinski definition) is 6. The highest BCUT2D eigenvalue weighted by Gasteiger charge is 2.32. The van der Waals surface area contributed by atoms with E-state index in [1.807, 2.05) is 4.90 Å². The van der Waals surface area contributed by atoms with Gasteiger partial charge in [0.15, 0.2) is 0 Å². The third-order valence-electron chi connectivity index (χ3n) is 6.36. The molecule has 0 atom stereocenters. The van der Waals surface area contributed by atoms with E-state index in [2.05, 4.69) is 37.8 Å². The van der Waals surface area contributed by atoms with Crippen LogP contribution in [0.3, 0.4) is 0 Å². The van der Waals surface area contributed by atoms with Gasteiger partial charge >= 0.3 is 5.92 Å². The average Bonchev–Trinajstić information content (AvgIpc) is 3.25. The highest BCUT2D eigenvalue weighted by molar-refractivity contribution is 6.15. The fraction of sp³-hybridized carbons (Fsp3) is 0.500. The van der Waals surface area contributed by atoms with Crippen molar-refractivity contribution in [2.75, 3.05) is 26.8 Å². The van der Waals surface area contributed by atoms with E-state index in [-0.39, 0.29) is 23.7 Å². The molecule has 2 aromatic heterocycles. The molecule has 1 N–H and O–H groups in total. The lowest BCUT2D eigenvalue weighted by Gasteiger charge is -2.24. The number of ether oxygens (including phenoxy) is 1. The van der Waals surface area contributed by atoms with Gasteiger partial charge in [0, 0.05) is 36.3 Å². The summed E-state index contributed by atoms with van der Waals surface area (Å²) in [5.74, 6) is -2.70. The third-order valence-corrected chi connectivity index (χ3v) is 6.36. The molecule has 0 aliphatic rings. The van der Waals surface area contributed by atoms with Gasteiger partial charge in [0.05, 0.1) is 12.6 Å². The zero-order valence-electron chi connectivity index (χ0n) is 22.6. The van der Waals surface area contributed by atoms with Gasteiger partial charge in [-0.2, -0.15) is 13.9 Å². The van der Waals surface area contributed by atoms with Crippen LogP contribution in [0.4, 0.5) is 8.78 Å². The van der Waals surface area contributed by atoms with Crippen molar-refractivity contribution in [1.82, 2.24) is 19.7 Å². The molecule has 0 radical (unpaired) electrons. The van der Waals surface area contributed by atoms with E-state index < -0.39 is 24.0 Å². The first kappa shape index (κ1) is 29.2. The van der Waals surface area contributed by atoms with Crippen LogP contribution in [0, 0.1) is 11.8 Å². The van der Waals surface area contributed by atoms with Gasteiger partial charge in [-0.1, -0.05) is 27.7 Å². The van der Waals surface area contributed by atoms with Crippen molar-refractivity contribution in [2.45, 2.75) is 53.0 Å². The quantitative estimate of drug-likeness (QED) is 0.323.